The summed E-state index contributed by atoms with van der Waals surface area (Å²) in [5, 5.41) is -0.492. The normalized spacial score (nSPS) is 11.1. The number of para-hydroxylation sites is 1. The van der Waals surface area contributed by atoms with E-state index in [2.05, 4.69) is 78.9 Å². The summed E-state index contributed by atoms with van der Waals surface area (Å²) < 4.78 is 6.46. The van der Waals surface area contributed by atoms with Crippen LogP contribution in [0.25, 0.3) is 0 Å². The fraction of sp³-hybridized carbons (Fsp3) is 0.0312. The number of carbonyl (C=O) groups is 1. The largest absolute Gasteiger partial charge is 0.457 e. The summed E-state index contributed by atoms with van der Waals surface area (Å²) in [6, 6.07) is 46.5. The summed E-state index contributed by atoms with van der Waals surface area (Å²) in [5.74, 6) is 1.36. The monoisotopic (exact) mass is 474 g/mol. The highest BCUT2D eigenvalue weighted by atomic mass is 35.5. The summed E-state index contributed by atoms with van der Waals surface area (Å²) in [5.41, 5.74) is 4.23. The van der Waals surface area contributed by atoms with E-state index >= 15 is 0 Å². The van der Waals surface area contributed by atoms with Crippen molar-refractivity contribution in [1.82, 2.24) is 0 Å². The third-order valence-corrected chi connectivity index (χ3v) is 6.44. The highest BCUT2D eigenvalue weighted by Gasteiger charge is 2.40. The minimum Gasteiger partial charge on any atom is -0.457 e. The predicted molar refractivity (Wildman–Crippen MR) is 141 cm³/mol. The molecule has 5 aromatic rings. The molecular weight excluding hydrogens is 452 g/mol. The molecule has 0 atom stereocenters. The molecular formula is C32H23ClO2. The van der Waals surface area contributed by atoms with Gasteiger partial charge in [-0.1, -0.05) is 109 Å². The van der Waals surface area contributed by atoms with Gasteiger partial charge < -0.3 is 4.74 Å². The topological polar surface area (TPSA) is 26.3 Å². The van der Waals surface area contributed by atoms with Gasteiger partial charge in [-0.15, -0.1) is 0 Å². The molecule has 5 rings (SSSR count). The number of ether oxygens (including phenoxy) is 1. The first-order valence-corrected chi connectivity index (χ1v) is 11.8. The fourth-order valence-electron chi connectivity index (χ4n) is 4.68. The van der Waals surface area contributed by atoms with Crippen LogP contribution in [-0.2, 0) is 5.41 Å². The number of hydrogen-bond acceptors (Lipinski definition) is 2. The van der Waals surface area contributed by atoms with Gasteiger partial charge in [0.15, 0.2) is 0 Å². The van der Waals surface area contributed by atoms with E-state index in [1.165, 1.54) is 0 Å². The number of hydrogen-bond donors (Lipinski definition) is 0. The van der Waals surface area contributed by atoms with Crippen molar-refractivity contribution in [3.63, 3.8) is 0 Å². The van der Waals surface area contributed by atoms with E-state index in [0.29, 0.717) is 11.3 Å². The molecule has 35 heavy (non-hydrogen) atoms. The fourth-order valence-corrected chi connectivity index (χ4v) is 4.80. The Bertz CT molecular complexity index is 1320. The lowest BCUT2D eigenvalue weighted by atomic mass is 9.65. The predicted octanol–water partition coefficient (Wildman–Crippen LogP) is 8.24. The van der Waals surface area contributed by atoms with Crippen molar-refractivity contribution in [2.75, 3.05) is 0 Å². The number of rotatable bonds is 7. The van der Waals surface area contributed by atoms with Crippen molar-refractivity contribution >= 4 is 16.8 Å². The van der Waals surface area contributed by atoms with Crippen LogP contribution in [0.1, 0.15) is 32.6 Å². The van der Waals surface area contributed by atoms with Crippen LogP contribution in [0.4, 0.5) is 0 Å². The average Bonchev–Trinajstić information content (AvgIpc) is 2.92. The van der Waals surface area contributed by atoms with Gasteiger partial charge in [-0.25, -0.2) is 0 Å². The van der Waals surface area contributed by atoms with Gasteiger partial charge in [0.2, 0.25) is 0 Å². The van der Waals surface area contributed by atoms with Gasteiger partial charge in [0.1, 0.15) is 11.5 Å². The Morgan fingerprint density at radius 2 is 0.971 bits per heavy atom. The number of halogens is 1. The Kier molecular flexibility index (Phi) is 6.47. The van der Waals surface area contributed by atoms with Gasteiger partial charge in [0.25, 0.3) is 5.24 Å². The van der Waals surface area contributed by atoms with Gasteiger partial charge in [-0.3, -0.25) is 4.79 Å². The Labute approximate surface area is 210 Å². The Morgan fingerprint density at radius 1 is 0.543 bits per heavy atom. The van der Waals surface area contributed by atoms with Crippen LogP contribution in [0.3, 0.4) is 0 Å². The molecule has 0 unspecified atom stereocenters. The zero-order chi connectivity index (χ0) is 24.1. The lowest BCUT2D eigenvalue weighted by molar-refractivity contribution is 0.108. The van der Waals surface area contributed by atoms with Crippen LogP contribution in [0.5, 0.6) is 11.5 Å². The number of benzene rings is 5. The maximum atomic E-state index is 11.5. The molecule has 0 N–H and O–H groups in total. The van der Waals surface area contributed by atoms with Crippen molar-refractivity contribution in [2.24, 2.45) is 0 Å². The van der Waals surface area contributed by atoms with Crippen LogP contribution in [-0.4, -0.2) is 5.24 Å². The van der Waals surface area contributed by atoms with E-state index in [9.17, 15) is 4.79 Å². The van der Waals surface area contributed by atoms with E-state index < -0.39 is 10.7 Å². The Hall–Kier alpha value is -4.14. The Morgan fingerprint density at radius 3 is 1.43 bits per heavy atom. The molecule has 0 amide bonds. The van der Waals surface area contributed by atoms with Crippen LogP contribution in [0.2, 0.25) is 0 Å². The van der Waals surface area contributed by atoms with E-state index in [1.807, 2.05) is 36.4 Å². The molecule has 3 heteroatoms. The minimum atomic E-state index is -0.619. The first kappa shape index (κ1) is 22.6. The first-order valence-electron chi connectivity index (χ1n) is 11.4. The highest BCUT2D eigenvalue weighted by molar-refractivity contribution is 6.67. The summed E-state index contributed by atoms with van der Waals surface area (Å²) in [6.45, 7) is 0. The van der Waals surface area contributed by atoms with E-state index in [0.717, 1.165) is 28.0 Å². The lowest BCUT2D eigenvalue weighted by Crippen LogP contribution is -2.31. The maximum Gasteiger partial charge on any atom is 0.252 e. The molecule has 5 aromatic carbocycles. The van der Waals surface area contributed by atoms with Crippen LogP contribution in [0, 0.1) is 0 Å². The number of carbonyl (C=O) groups excluding carboxylic acids is 1. The van der Waals surface area contributed by atoms with Gasteiger partial charge in [0.05, 0.1) is 5.41 Å². The summed E-state index contributed by atoms with van der Waals surface area (Å²) in [4.78, 5) is 11.5. The van der Waals surface area contributed by atoms with Crippen molar-refractivity contribution < 1.29 is 9.53 Å². The lowest BCUT2D eigenvalue weighted by Gasteiger charge is -2.37. The molecule has 0 aliphatic rings. The van der Waals surface area contributed by atoms with Crippen molar-refractivity contribution in [3.05, 3.63) is 167 Å². The van der Waals surface area contributed by atoms with Crippen LogP contribution in [0.15, 0.2) is 140 Å². The first-order chi connectivity index (χ1) is 17.2. The second-order valence-electron chi connectivity index (χ2n) is 8.24. The van der Waals surface area contributed by atoms with Gasteiger partial charge >= 0.3 is 0 Å². The van der Waals surface area contributed by atoms with Crippen LogP contribution < -0.4 is 4.74 Å². The zero-order valence-electron chi connectivity index (χ0n) is 19.0. The molecule has 2 nitrogen and oxygen atoms in total. The van der Waals surface area contributed by atoms with E-state index in [-0.39, 0.29) is 0 Å². The minimum absolute atomic E-state index is 0.430. The Balaban J connectivity index is 1.77. The molecule has 170 valence electrons. The zero-order valence-corrected chi connectivity index (χ0v) is 19.7. The maximum absolute atomic E-state index is 11.5. The third kappa shape index (κ3) is 4.37. The summed E-state index contributed by atoms with van der Waals surface area (Å²) >= 11 is 5.62. The second kappa shape index (κ2) is 10.0. The molecule has 0 saturated heterocycles. The van der Waals surface area contributed by atoms with Crippen LogP contribution >= 0.6 is 11.6 Å². The standard InChI is InChI=1S/C32H23ClO2/c33-31(34)24-20-22-28(23-21-24)35-30-19-11-10-18-29(30)32(25-12-4-1-5-13-25,26-14-6-2-7-15-26)27-16-8-3-9-17-27/h1-23H. The molecule has 0 saturated carbocycles. The molecule has 0 bridgehead atoms. The smallest absolute Gasteiger partial charge is 0.252 e. The molecule has 0 spiro atoms. The highest BCUT2D eigenvalue weighted by Crippen LogP contribution is 2.48. The van der Waals surface area contributed by atoms with E-state index in [1.54, 1.807) is 24.3 Å². The third-order valence-electron chi connectivity index (χ3n) is 6.22. The van der Waals surface area contributed by atoms with Gasteiger partial charge in [-0.2, -0.15) is 0 Å². The summed E-state index contributed by atoms with van der Waals surface area (Å²) in [6.07, 6.45) is 0. The summed E-state index contributed by atoms with van der Waals surface area (Å²) in [7, 11) is 0. The second-order valence-corrected chi connectivity index (χ2v) is 8.59. The molecule has 0 aromatic heterocycles. The molecule has 0 fully saturated rings. The SMILES string of the molecule is O=C(Cl)c1ccc(Oc2ccccc2C(c2ccccc2)(c2ccccc2)c2ccccc2)cc1. The van der Waals surface area contributed by atoms with Crippen molar-refractivity contribution in [3.8, 4) is 11.5 Å². The quantitative estimate of drug-likeness (QED) is 0.175. The van der Waals surface area contributed by atoms with Crippen molar-refractivity contribution in [2.45, 2.75) is 5.41 Å². The molecule has 0 heterocycles. The van der Waals surface area contributed by atoms with Crippen molar-refractivity contribution in [1.29, 1.82) is 0 Å². The molecule has 0 radical (unpaired) electrons. The van der Waals surface area contributed by atoms with Gasteiger partial charge in [-0.05, 0) is 58.6 Å². The molecule has 0 aliphatic heterocycles. The average molecular weight is 475 g/mol. The van der Waals surface area contributed by atoms with Gasteiger partial charge in [0, 0.05) is 11.1 Å². The van der Waals surface area contributed by atoms with E-state index in [4.69, 9.17) is 16.3 Å². The molecule has 0 aliphatic carbocycles.